The van der Waals surface area contributed by atoms with Crippen LogP contribution in [0.3, 0.4) is 0 Å². The van der Waals surface area contributed by atoms with Crippen molar-refractivity contribution in [1.82, 2.24) is 9.97 Å². The average molecular weight is 194 g/mol. The highest BCUT2D eigenvalue weighted by molar-refractivity contribution is 5.87. The van der Waals surface area contributed by atoms with Crippen LogP contribution in [0.4, 0.5) is 0 Å². The molecule has 1 heterocycles. The Morgan fingerprint density at radius 2 is 2.29 bits per heavy atom. The van der Waals surface area contributed by atoms with Crippen molar-refractivity contribution in [3.8, 4) is 0 Å². The number of nitrogens with zero attached hydrogens (tertiary/aromatic N) is 2. The summed E-state index contributed by atoms with van der Waals surface area (Å²) in [4.78, 5) is 19.0. The van der Waals surface area contributed by atoms with E-state index in [1.807, 2.05) is 0 Å². The highest BCUT2D eigenvalue weighted by Gasteiger charge is 2.07. The van der Waals surface area contributed by atoms with Gasteiger partial charge in [-0.25, -0.2) is 14.8 Å². The van der Waals surface area contributed by atoms with Crippen molar-refractivity contribution in [1.29, 1.82) is 0 Å². The highest BCUT2D eigenvalue weighted by Crippen LogP contribution is 2.03. The van der Waals surface area contributed by atoms with Crippen LogP contribution in [0, 0.1) is 0 Å². The number of carbonyl (C=O) groups excluding carboxylic acids is 1. The van der Waals surface area contributed by atoms with Gasteiger partial charge in [-0.15, -0.1) is 0 Å². The maximum Gasteiger partial charge on any atom is 0.356 e. The number of aryl methyl sites for hydroxylation is 1. The maximum atomic E-state index is 11.1. The normalized spacial score (nSPS) is 9.86. The Hall–Kier alpha value is -1.45. The van der Waals surface area contributed by atoms with Crippen LogP contribution < -0.4 is 0 Å². The molecule has 0 bridgehead atoms. The molecular weight excluding hydrogens is 180 g/mol. The molecule has 76 valence electrons. The van der Waals surface area contributed by atoms with E-state index >= 15 is 0 Å². The van der Waals surface area contributed by atoms with Gasteiger partial charge in [0, 0.05) is 5.69 Å². The summed E-state index contributed by atoms with van der Waals surface area (Å²) in [6.45, 7) is 2.11. The van der Waals surface area contributed by atoms with Crippen molar-refractivity contribution in [2.24, 2.45) is 0 Å². The molecule has 0 fully saturated rings. The van der Waals surface area contributed by atoms with Crippen LogP contribution in [-0.4, -0.2) is 23.0 Å². The van der Waals surface area contributed by atoms with Gasteiger partial charge < -0.3 is 4.74 Å². The fourth-order valence-electron chi connectivity index (χ4n) is 1.11. The van der Waals surface area contributed by atoms with E-state index in [0.717, 1.165) is 25.0 Å². The Morgan fingerprint density at radius 1 is 1.50 bits per heavy atom. The first-order valence-corrected chi connectivity index (χ1v) is 4.67. The number of hydrogen-bond donors (Lipinski definition) is 0. The van der Waals surface area contributed by atoms with Gasteiger partial charge >= 0.3 is 5.97 Å². The van der Waals surface area contributed by atoms with E-state index in [1.165, 1.54) is 13.4 Å². The Morgan fingerprint density at radius 3 is 2.93 bits per heavy atom. The van der Waals surface area contributed by atoms with E-state index < -0.39 is 5.97 Å². The number of esters is 1. The minimum absolute atomic E-state index is 0.327. The van der Waals surface area contributed by atoms with Crippen molar-refractivity contribution in [2.75, 3.05) is 7.11 Å². The second kappa shape index (κ2) is 5.32. The molecule has 1 rings (SSSR count). The molecule has 0 saturated heterocycles. The zero-order valence-electron chi connectivity index (χ0n) is 8.49. The van der Waals surface area contributed by atoms with Crippen LogP contribution >= 0.6 is 0 Å². The van der Waals surface area contributed by atoms with E-state index in [4.69, 9.17) is 0 Å². The number of ether oxygens (including phenoxy) is 1. The van der Waals surface area contributed by atoms with Gasteiger partial charge in [0.2, 0.25) is 0 Å². The van der Waals surface area contributed by atoms with Gasteiger partial charge in [-0.3, -0.25) is 0 Å². The summed E-state index contributed by atoms with van der Waals surface area (Å²) >= 11 is 0. The Bertz CT molecular complexity index is 313. The molecule has 0 amide bonds. The first kappa shape index (κ1) is 10.6. The number of methoxy groups -OCH3 is 1. The fraction of sp³-hybridized carbons (Fsp3) is 0.500. The molecule has 0 radical (unpaired) electrons. The quantitative estimate of drug-likeness (QED) is 0.683. The zero-order valence-corrected chi connectivity index (χ0v) is 8.49. The second-order valence-electron chi connectivity index (χ2n) is 2.99. The Kier molecular flexibility index (Phi) is 4.04. The molecule has 0 N–H and O–H groups in total. The monoisotopic (exact) mass is 194 g/mol. The Balaban J connectivity index is 2.73. The van der Waals surface area contributed by atoms with Crippen LogP contribution in [0.2, 0.25) is 0 Å². The van der Waals surface area contributed by atoms with Crippen molar-refractivity contribution in [2.45, 2.75) is 26.2 Å². The second-order valence-corrected chi connectivity index (χ2v) is 2.99. The minimum atomic E-state index is -0.412. The molecule has 0 aromatic carbocycles. The highest BCUT2D eigenvalue weighted by atomic mass is 16.5. The first-order valence-electron chi connectivity index (χ1n) is 4.67. The van der Waals surface area contributed by atoms with Crippen LogP contribution in [0.1, 0.15) is 35.9 Å². The lowest BCUT2D eigenvalue weighted by molar-refractivity contribution is 0.0593. The lowest BCUT2D eigenvalue weighted by Gasteiger charge is -2.01. The van der Waals surface area contributed by atoms with Gasteiger partial charge in [0.25, 0.3) is 0 Å². The maximum absolute atomic E-state index is 11.1. The molecule has 0 atom stereocenters. The van der Waals surface area contributed by atoms with E-state index in [-0.39, 0.29) is 0 Å². The lowest BCUT2D eigenvalue weighted by atomic mass is 10.2. The summed E-state index contributed by atoms with van der Waals surface area (Å²) < 4.78 is 4.57. The van der Waals surface area contributed by atoms with E-state index in [1.54, 1.807) is 6.07 Å². The van der Waals surface area contributed by atoms with Gasteiger partial charge in [0.05, 0.1) is 7.11 Å². The third-order valence-electron chi connectivity index (χ3n) is 1.90. The van der Waals surface area contributed by atoms with Crippen molar-refractivity contribution in [3.63, 3.8) is 0 Å². The Labute approximate surface area is 83.3 Å². The lowest BCUT2D eigenvalue weighted by Crippen LogP contribution is -2.06. The molecular formula is C10H14N2O2. The van der Waals surface area contributed by atoms with E-state index in [9.17, 15) is 4.79 Å². The van der Waals surface area contributed by atoms with Gasteiger partial charge in [0.1, 0.15) is 6.33 Å². The number of carbonyl (C=O) groups is 1. The average Bonchev–Trinajstić information content (AvgIpc) is 2.25. The number of unbranched alkanes of at least 4 members (excludes halogenated alkanes) is 1. The summed E-state index contributed by atoms with van der Waals surface area (Å²) in [6, 6.07) is 1.68. The van der Waals surface area contributed by atoms with E-state index in [0.29, 0.717) is 5.69 Å². The largest absolute Gasteiger partial charge is 0.464 e. The first-order chi connectivity index (χ1) is 6.77. The fourth-order valence-corrected chi connectivity index (χ4v) is 1.11. The van der Waals surface area contributed by atoms with Gasteiger partial charge in [-0.1, -0.05) is 13.3 Å². The molecule has 0 aliphatic carbocycles. The molecule has 14 heavy (non-hydrogen) atoms. The van der Waals surface area contributed by atoms with Gasteiger partial charge in [-0.2, -0.15) is 0 Å². The summed E-state index contributed by atoms with van der Waals surface area (Å²) in [5.74, 6) is -0.412. The molecule has 0 aliphatic heterocycles. The third-order valence-corrected chi connectivity index (χ3v) is 1.90. The van der Waals surface area contributed by atoms with Gasteiger partial charge in [-0.05, 0) is 18.9 Å². The standard InChI is InChI=1S/C10H14N2O2/c1-3-4-5-8-6-9(10(13)14-2)12-7-11-8/h6-7H,3-5H2,1-2H3. The number of rotatable bonds is 4. The number of aromatic nitrogens is 2. The SMILES string of the molecule is CCCCc1cc(C(=O)OC)ncn1. The summed E-state index contributed by atoms with van der Waals surface area (Å²) in [5, 5.41) is 0. The van der Waals surface area contributed by atoms with Crippen LogP contribution in [0.15, 0.2) is 12.4 Å². The summed E-state index contributed by atoms with van der Waals surface area (Å²) in [7, 11) is 1.34. The van der Waals surface area contributed by atoms with Crippen molar-refractivity contribution < 1.29 is 9.53 Å². The predicted molar refractivity (Wildman–Crippen MR) is 52.0 cm³/mol. The van der Waals surface area contributed by atoms with Crippen molar-refractivity contribution in [3.05, 3.63) is 23.8 Å². The van der Waals surface area contributed by atoms with Gasteiger partial charge in [0.15, 0.2) is 5.69 Å². The molecule has 1 aromatic rings. The minimum Gasteiger partial charge on any atom is -0.464 e. The van der Waals surface area contributed by atoms with Crippen LogP contribution in [0.5, 0.6) is 0 Å². The molecule has 0 unspecified atom stereocenters. The summed E-state index contributed by atoms with van der Waals surface area (Å²) in [6.07, 6.45) is 4.45. The molecule has 4 heteroatoms. The topological polar surface area (TPSA) is 52.1 Å². The summed E-state index contributed by atoms with van der Waals surface area (Å²) in [5.41, 5.74) is 1.22. The molecule has 1 aromatic heterocycles. The molecule has 0 aliphatic rings. The zero-order chi connectivity index (χ0) is 10.4. The third kappa shape index (κ3) is 2.80. The molecule has 0 saturated carbocycles. The molecule has 0 spiro atoms. The van der Waals surface area contributed by atoms with Crippen LogP contribution in [-0.2, 0) is 11.2 Å². The van der Waals surface area contributed by atoms with Crippen LogP contribution in [0.25, 0.3) is 0 Å². The number of hydrogen-bond acceptors (Lipinski definition) is 4. The smallest absolute Gasteiger partial charge is 0.356 e. The molecule has 4 nitrogen and oxygen atoms in total. The van der Waals surface area contributed by atoms with E-state index in [2.05, 4.69) is 21.6 Å². The van der Waals surface area contributed by atoms with Crippen molar-refractivity contribution >= 4 is 5.97 Å². The predicted octanol–water partition coefficient (Wildman–Crippen LogP) is 1.61.